The Hall–Kier alpha value is -2.29. The van der Waals surface area contributed by atoms with Gasteiger partial charge in [0, 0.05) is 0 Å². The highest BCUT2D eigenvalue weighted by Crippen LogP contribution is 2.24. The van der Waals surface area contributed by atoms with Crippen molar-refractivity contribution in [3.05, 3.63) is 65.2 Å². The van der Waals surface area contributed by atoms with Crippen molar-refractivity contribution < 1.29 is 14.3 Å². The van der Waals surface area contributed by atoms with Gasteiger partial charge in [-0.2, -0.15) is 0 Å². The molecule has 0 aromatic heterocycles. The van der Waals surface area contributed by atoms with Crippen molar-refractivity contribution in [1.82, 2.24) is 0 Å². The largest absolute Gasteiger partial charge is 0.513 e. The van der Waals surface area contributed by atoms with Crippen molar-refractivity contribution in [3.63, 3.8) is 0 Å². The van der Waals surface area contributed by atoms with Gasteiger partial charge in [0.2, 0.25) is 0 Å². The first-order valence-corrected chi connectivity index (χ1v) is 8.73. The summed E-state index contributed by atoms with van der Waals surface area (Å²) in [4.78, 5) is 11.9. The van der Waals surface area contributed by atoms with Crippen LogP contribution in [-0.2, 0) is 24.0 Å². The molecule has 3 heteroatoms. The van der Waals surface area contributed by atoms with Crippen molar-refractivity contribution >= 4 is 6.16 Å². The van der Waals surface area contributed by atoms with E-state index in [-0.39, 0.29) is 0 Å². The van der Waals surface area contributed by atoms with Crippen LogP contribution in [0.3, 0.4) is 0 Å². The Balaban J connectivity index is 1.74. The van der Waals surface area contributed by atoms with Crippen molar-refractivity contribution in [2.24, 2.45) is 0 Å². The summed E-state index contributed by atoms with van der Waals surface area (Å²) in [5.41, 5.74) is 3.61. The molecule has 0 heterocycles. The Labute approximate surface area is 144 Å². The summed E-state index contributed by atoms with van der Waals surface area (Å²) in [7, 11) is 0. The van der Waals surface area contributed by atoms with Crippen LogP contribution in [0.5, 0.6) is 5.75 Å². The number of hydrogen-bond donors (Lipinski definition) is 0. The van der Waals surface area contributed by atoms with E-state index in [1.165, 1.54) is 11.1 Å². The average molecular weight is 326 g/mol. The lowest BCUT2D eigenvalue weighted by Crippen LogP contribution is -2.13. The lowest BCUT2D eigenvalue weighted by molar-refractivity contribution is 0.0971. The fourth-order valence-electron chi connectivity index (χ4n) is 2.79. The van der Waals surface area contributed by atoms with Gasteiger partial charge >= 0.3 is 6.16 Å². The van der Waals surface area contributed by atoms with Gasteiger partial charge in [0.25, 0.3) is 0 Å². The molecule has 0 unspecified atom stereocenters. The number of aryl methyl sites for hydroxylation is 2. The zero-order valence-electron chi connectivity index (χ0n) is 14.6. The summed E-state index contributed by atoms with van der Waals surface area (Å²) >= 11 is 0. The van der Waals surface area contributed by atoms with Crippen LogP contribution in [-0.4, -0.2) is 12.8 Å². The minimum atomic E-state index is -0.613. The van der Waals surface area contributed by atoms with Gasteiger partial charge in [0.15, 0.2) is 0 Å². The van der Waals surface area contributed by atoms with Crippen LogP contribution >= 0.6 is 0 Å². The Morgan fingerprint density at radius 1 is 0.917 bits per heavy atom. The van der Waals surface area contributed by atoms with E-state index in [9.17, 15) is 4.79 Å². The molecule has 0 spiro atoms. The fraction of sp³-hybridized carbons (Fsp3) is 0.381. The second-order valence-electron chi connectivity index (χ2n) is 5.74. The standard InChI is InChI=1S/C21H26O3/c1-3-18-14-10-15-20(19(18)4-2)24-21(22)23-16-9-8-13-17-11-6-5-7-12-17/h5-7,10-12,14-15H,3-4,8-9,13,16H2,1-2H3. The third kappa shape index (κ3) is 5.41. The Kier molecular flexibility index (Phi) is 7.34. The van der Waals surface area contributed by atoms with E-state index in [0.29, 0.717) is 12.4 Å². The molecular formula is C21H26O3. The van der Waals surface area contributed by atoms with Crippen LogP contribution in [0.25, 0.3) is 0 Å². The van der Waals surface area contributed by atoms with Crippen LogP contribution in [0.1, 0.15) is 43.4 Å². The predicted molar refractivity (Wildman–Crippen MR) is 96.6 cm³/mol. The Bertz CT molecular complexity index is 635. The smallest absolute Gasteiger partial charge is 0.434 e. The SMILES string of the molecule is CCc1cccc(OC(=O)OCCCCc2ccccc2)c1CC. The second kappa shape index (κ2) is 9.76. The van der Waals surface area contributed by atoms with Gasteiger partial charge in [-0.05, 0) is 54.9 Å². The Morgan fingerprint density at radius 2 is 1.71 bits per heavy atom. The first-order chi connectivity index (χ1) is 11.7. The first kappa shape index (κ1) is 18.1. The van der Waals surface area contributed by atoms with E-state index >= 15 is 0 Å². The molecule has 0 atom stereocenters. The van der Waals surface area contributed by atoms with Crippen molar-refractivity contribution in [2.45, 2.75) is 46.0 Å². The van der Waals surface area contributed by atoms with Gasteiger partial charge in [-0.25, -0.2) is 4.79 Å². The molecule has 0 radical (unpaired) electrons. The molecule has 0 aliphatic carbocycles. The average Bonchev–Trinajstić information content (AvgIpc) is 2.62. The first-order valence-electron chi connectivity index (χ1n) is 8.73. The maximum absolute atomic E-state index is 11.9. The van der Waals surface area contributed by atoms with Gasteiger partial charge in [0.05, 0.1) is 6.61 Å². The van der Waals surface area contributed by atoms with E-state index < -0.39 is 6.16 Å². The highest BCUT2D eigenvalue weighted by atomic mass is 16.7. The van der Waals surface area contributed by atoms with E-state index in [1.54, 1.807) is 0 Å². The highest BCUT2D eigenvalue weighted by molar-refractivity contribution is 5.64. The molecule has 2 rings (SSSR count). The third-order valence-corrected chi connectivity index (χ3v) is 4.08. The minimum absolute atomic E-state index is 0.389. The molecular weight excluding hydrogens is 300 g/mol. The molecule has 0 N–H and O–H groups in total. The molecule has 0 amide bonds. The number of hydrogen-bond acceptors (Lipinski definition) is 3. The van der Waals surface area contributed by atoms with Gasteiger partial charge in [-0.3, -0.25) is 0 Å². The zero-order valence-corrected chi connectivity index (χ0v) is 14.6. The molecule has 0 bridgehead atoms. The van der Waals surface area contributed by atoms with Crippen molar-refractivity contribution in [2.75, 3.05) is 6.61 Å². The molecule has 128 valence electrons. The number of benzene rings is 2. The van der Waals surface area contributed by atoms with E-state index in [4.69, 9.17) is 9.47 Å². The molecule has 0 saturated carbocycles. The summed E-state index contributed by atoms with van der Waals surface area (Å²) in [5.74, 6) is 0.617. The Morgan fingerprint density at radius 3 is 2.42 bits per heavy atom. The quantitative estimate of drug-likeness (QED) is 0.373. The number of unbranched alkanes of at least 4 members (excludes halogenated alkanes) is 1. The van der Waals surface area contributed by atoms with E-state index in [2.05, 4.69) is 32.0 Å². The zero-order chi connectivity index (χ0) is 17.2. The molecule has 24 heavy (non-hydrogen) atoms. The van der Waals surface area contributed by atoms with Gasteiger partial charge < -0.3 is 9.47 Å². The summed E-state index contributed by atoms with van der Waals surface area (Å²) < 4.78 is 10.6. The highest BCUT2D eigenvalue weighted by Gasteiger charge is 2.11. The van der Waals surface area contributed by atoms with Crippen molar-refractivity contribution in [1.29, 1.82) is 0 Å². The summed E-state index contributed by atoms with van der Waals surface area (Å²) in [6.45, 7) is 4.56. The van der Waals surface area contributed by atoms with Crippen LogP contribution in [0.2, 0.25) is 0 Å². The second-order valence-corrected chi connectivity index (χ2v) is 5.74. The monoisotopic (exact) mass is 326 g/mol. The molecule has 2 aromatic rings. The van der Waals surface area contributed by atoms with Crippen molar-refractivity contribution in [3.8, 4) is 5.75 Å². The normalized spacial score (nSPS) is 10.4. The maximum atomic E-state index is 11.9. The number of carbonyl (C=O) groups excluding carboxylic acids is 1. The molecule has 0 saturated heterocycles. The topological polar surface area (TPSA) is 35.5 Å². The molecule has 0 aliphatic rings. The maximum Gasteiger partial charge on any atom is 0.513 e. The predicted octanol–water partition coefficient (Wildman–Crippen LogP) is 5.35. The lowest BCUT2D eigenvalue weighted by Gasteiger charge is -2.12. The van der Waals surface area contributed by atoms with E-state index in [1.807, 2.05) is 30.3 Å². The summed E-state index contributed by atoms with van der Waals surface area (Å²) in [5, 5.41) is 0. The van der Waals surface area contributed by atoms with Crippen LogP contribution in [0.4, 0.5) is 4.79 Å². The molecule has 2 aromatic carbocycles. The molecule has 0 aliphatic heterocycles. The van der Waals surface area contributed by atoms with Gasteiger partial charge in [0.1, 0.15) is 5.75 Å². The minimum Gasteiger partial charge on any atom is -0.434 e. The fourth-order valence-corrected chi connectivity index (χ4v) is 2.79. The number of carbonyl (C=O) groups is 1. The number of rotatable bonds is 8. The lowest BCUT2D eigenvalue weighted by atomic mass is 10.0. The van der Waals surface area contributed by atoms with Crippen LogP contribution in [0, 0.1) is 0 Å². The molecule has 3 nitrogen and oxygen atoms in total. The third-order valence-electron chi connectivity index (χ3n) is 4.08. The van der Waals surface area contributed by atoms with E-state index in [0.717, 1.165) is 37.7 Å². The summed E-state index contributed by atoms with van der Waals surface area (Å²) in [6, 6.07) is 16.1. The molecule has 0 fully saturated rings. The van der Waals surface area contributed by atoms with Crippen LogP contribution in [0.15, 0.2) is 48.5 Å². The summed E-state index contributed by atoms with van der Waals surface area (Å²) in [6.07, 6.45) is 3.97. The van der Waals surface area contributed by atoms with Gasteiger partial charge in [-0.15, -0.1) is 0 Å². The van der Waals surface area contributed by atoms with Crippen LogP contribution < -0.4 is 4.74 Å². The number of ether oxygens (including phenoxy) is 2. The van der Waals surface area contributed by atoms with Gasteiger partial charge in [-0.1, -0.05) is 56.3 Å².